The van der Waals surface area contributed by atoms with Crippen LogP contribution in [0.15, 0.2) is 22.2 Å². The Balaban J connectivity index is 2.21. The second kappa shape index (κ2) is 8.02. The fourth-order valence-electron chi connectivity index (χ4n) is 2.65. The Kier molecular flexibility index (Phi) is 6.05. The zero-order valence-electron chi connectivity index (χ0n) is 12.9. The van der Waals surface area contributed by atoms with E-state index in [2.05, 4.69) is 21.2 Å². The highest BCUT2D eigenvalue weighted by Gasteiger charge is 2.18. The molecule has 0 radical (unpaired) electrons. The minimum atomic E-state index is -0.363. The van der Waals surface area contributed by atoms with Crippen LogP contribution in [-0.4, -0.2) is 24.2 Å². The lowest BCUT2D eigenvalue weighted by molar-refractivity contribution is -0.117. The summed E-state index contributed by atoms with van der Waals surface area (Å²) in [5.41, 5.74) is 0.624. The van der Waals surface area contributed by atoms with Crippen LogP contribution in [0.25, 0.3) is 6.08 Å². The van der Waals surface area contributed by atoms with Crippen molar-refractivity contribution in [2.24, 2.45) is 0 Å². The van der Waals surface area contributed by atoms with E-state index < -0.39 is 0 Å². The summed E-state index contributed by atoms with van der Waals surface area (Å²) in [6.45, 7) is 0. The third-order valence-corrected chi connectivity index (χ3v) is 4.59. The number of phenols is 1. The van der Waals surface area contributed by atoms with Crippen molar-refractivity contribution in [3.8, 4) is 17.6 Å². The second-order valence-corrected chi connectivity index (χ2v) is 6.38. The predicted octanol–water partition coefficient (Wildman–Crippen LogP) is 3.52. The number of hydrogen-bond acceptors (Lipinski definition) is 4. The quantitative estimate of drug-likeness (QED) is 0.620. The summed E-state index contributed by atoms with van der Waals surface area (Å²) in [6.07, 6.45) is 6.83. The first-order valence-electron chi connectivity index (χ1n) is 7.54. The fourth-order valence-corrected chi connectivity index (χ4v) is 3.09. The first-order valence-corrected chi connectivity index (χ1v) is 8.33. The van der Waals surface area contributed by atoms with E-state index in [4.69, 9.17) is 4.74 Å². The summed E-state index contributed by atoms with van der Waals surface area (Å²) in [5.74, 6) is -0.0931. The van der Waals surface area contributed by atoms with Gasteiger partial charge in [0.25, 0.3) is 5.91 Å². The molecule has 1 aliphatic carbocycles. The van der Waals surface area contributed by atoms with E-state index in [0.717, 1.165) is 25.7 Å². The number of rotatable bonds is 4. The van der Waals surface area contributed by atoms with Gasteiger partial charge in [-0.2, -0.15) is 5.26 Å². The maximum absolute atomic E-state index is 12.3. The standard InChI is InChI=1S/C17H19BrN2O3/c1-23-16-8-11(14(18)9-15(16)21)7-12(10-19)17(22)20-13-5-3-2-4-6-13/h7-9,13,21H,2-6H2,1H3,(H,20,22). The van der Waals surface area contributed by atoms with Crippen LogP contribution in [-0.2, 0) is 4.79 Å². The molecule has 0 aromatic heterocycles. The van der Waals surface area contributed by atoms with Crippen molar-refractivity contribution in [2.45, 2.75) is 38.1 Å². The molecule has 0 unspecified atom stereocenters. The van der Waals surface area contributed by atoms with Gasteiger partial charge in [0.2, 0.25) is 0 Å². The topological polar surface area (TPSA) is 82.3 Å². The highest BCUT2D eigenvalue weighted by molar-refractivity contribution is 9.10. The number of halogens is 1. The molecule has 1 saturated carbocycles. The number of ether oxygens (including phenoxy) is 1. The molecular weight excluding hydrogens is 360 g/mol. The number of phenolic OH excluding ortho intramolecular Hbond substituents is 1. The van der Waals surface area contributed by atoms with Crippen molar-refractivity contribution in [1.29, 1.82) is 5.26 Å². The Morgan fingerprint density at radius 1 is 1.43 bits per heavy atom. The molecule has 1 aromatic carbocycles. The summed E-state index contributed by atoms with van der Waals surface area (Å²) in [5, 5.41) is 21.9. The molecule has 1 fully saturated rings. The van der Waals surface area contributed by atoms with Crippen molar-refractivity contribution in [1.82, 2.24) is 5.32 Å². The molecule has 0 saturated heterocycles. The van der Waals surface area contributed by atoms with Gasteiger partial charge in [0.15, 0.2) is 11.5 Å². The molecule has 0 aliphatic heterocycles. The van der Waals surface area contributed by atoms with Crippen molar-refractivity contribution in [2.75, 3.05) is 7.11 Å². The van der Waals surface area contributed by atoms with Crippen molar-refractivity contribution < 1.29 is 14.6 Å². The minimum absolute atomic E-state index is 0.0123. The summed E-state index contributed by atoms with van der Waals surface area (Å²) in [6, 6.07) is 5.13. The summed E-state index contributed by atoms with van der Waals surface area (Å²) in [7, 11) is 1.44. The number of amides is 1. The van der Waals surface area contributed by atoms with Gasteiger partial charge in [-0.05, 0) is 36.6 Å². The maximum Gasteiger partial charge on any atom is 0.262 e. The van der Waals surface area contributed by atoms with Gasteiger partial charge in [0, 0.05) is 10.5 Å². The van der Waals surface area contributed by atoms with E-state index in [0.29, 0.717) is 10.0 Å². The van der Waals surface area contributed by atoms with E-state index in [1.54, 1.807) is 6.07 Å². The van der Waals surface area contributed by atoms with Gasteiger partial charge in [-0.15, -0.1) is 0 Å². The minimum Gasteiger partial charge on any atom is -0.504 e. The summed E-state index contributed by atoms with van der Waals surface area (Å²) < 4.78 is 5.63. The van der Waals surface area contributed by atoms with Crippen LogP contribution >= 0.6 is 15.9 Å². The number of nitrogens with zero attached hydrogens (tertiary/aromatic N) is 1. The third-order valence-electron chi connectivity index (χ3n) is 3.90. The van der Waals surface area contributed by atoms with Gasteiger partial charge < -0.3 is 15.2 Å². The lowest BCUT2D eigenvalue weighted by Gasteiger charge is -2.22. The van der Waals surface area contributed by atoms with Gasteiger partial charge >= 0.3 is 0 Å². The first-order chi connectivity index (χ1) is 11.0. The number of methoxy groups -OCH3 is 1. The number of nitrogens with one attached hydrogen (secondary N) is 1. The molecule has 23 heavy (non-hydrogen) atoms. The number of nitriles is 1. The average molecular weight is 379 g/mol. The molecule has 0 bridgehead atoms. The van der Waals surface area contributed by atoms with E-state index in [1.165, 1.54) is 25.7 Å². The van der Waals surface area contributed by atoms with Crippen LogP contribution in [0.1, 0.15) is 37.7 Å². The zero-order chi connectivity index (χ0) is 16.8. The molecule has 0 heterocycles. The maximum atomic E-state index is 12.3. The molecule has 2 rings (SSSR count). The molecular formula is C17H19BrN2O3. The van der Waals surface area contributed by atoms with Crippen LogP contribution < -0.4 is 10.1 Å². The molecule has 6 heteroatoms. The smallest absolute Gasteiger partial charge is 0.262 e. The lowest BCUT2D eigenvalue weighted by Crippen LogP contribution is -2.36. The normalized spacial score (nSPS) is 15.8. The third kappa shape index (κ3) is 4.49. The molecule has 0 spiro atoms. The van der Waals surface area contributed by atoms with Crippen LogP contribution in [0.3, 0.4) is 0 Å². The van der Waals surface area contributed by atoms with Crippen molar-refractivity contribution >= 4 is 27.9 Å². The highest BCUT2D eigenvalue weighted by atomic mass is 79.9. The highest BCUT2D eigenvalue weighted by Crippen LogP contribution is 2.33. The first kappa shape index (κ1) is 17.4. The van der Waals surface area contributed by atoms with Gasteiger partial charge in [-0.25, -0.2) is 0 Å². The summed E-state index contributed by atoms with van der Waals surface area (Å²) >= 11 is 3.31. The van der Waals surface area contributed by atoms with Gasteiger partial charge in [0.05, 0.1) is 7.11 Å². The van der Waals surface area contributed by atoms with Crippen LogP contribution in [0.4, 0.5) is 0 Å². The number of hydrogen-bond donors (Lipinski definition) is 2. The Labute approximate surface area is 144 Å². The van der Waals surface area contributed by atoms with Crippen LogP contribution in [0.5, 0.6) is 11.5 Å². The van der Waals surface area contributed by atoms with Gasteiger partial charge in [-0.1, -0.05) is 35.2 Å². The Morgan fingerprint density at radius 2 is 2.13 bits per heavy atom. The molecule has 1 aromatic rings. The molecule has 122 valence electrons. The molecule has 2 N–H and O–H groups in total. The van der Waals surface area contributed by atoms with Gasteiger partial charge in [-0.3, -0.25) is 4.79 Å². The van der Waals surface area contributed by atoms with E-state index >= 15 is 0 Å². The number of carbonyl (C=O) groups excluding carboxylic acids is 1. The van der Waals surface area contributed by atoms with E-state index in [-0.39, 0.29) is 29.0 Å². The molecule has 5 nitrogen and oxygen atoms in total. The molecule has 0 atom stereocenters. The molecule has 1 amide bonds. The monoisotopic (exact) mass is 378 g/mol. The van der Waals surface area contributed by atoms with Crippen LogP contribution in [0.2, 0.25) is 0 Å². The Morgan fingerprint density at radius 3 is 2.74 bits per heavy atom. The fraction of sp³-hybridized carbons (Fsp3) is 0.412. The zero-order valence-corrected chi connectivity index (χ0v) is 14.5. The van der Waals surface area contributed by atoms with Gasteiger partial charge in [0.1, 0.15) is 11.6 Å². The average Bonchev–Trinajstić information content (AvgIpc) is 2.55. The van der Waals surface area contributed by atoms with Crippen molar-refractivity contribution in [3.63, 3.8) is 0 Å². The van der Waals surface area contributed by atoms with E-state index in [9.17, 15) is 15.2 Å². The van der Waals surface area contributed by atoms with E-state index in [1.807, 2.05) is 6.07 Å². The number of benzene rings is 1. The van der Waals surface area contributed by atoms with Crippen LogP contribution in [0, 0.1) is 11.3 Å². The Bertz CT molecular complexity index is 659. The largest absolute Gasteiger partial charge is 0.504 e. The SMILES string of the molecule is COc1cc(C=C(C#N)C(=O)NC2CCCCC2)c(Br)cc1O. The predicted molar refractivity (Wildman–Crippen MR) is 91.0 cm³/mol. The number of carbonyl (C=O) groups is 1. The Hall–Kier alpha value is -2.00. The second-order valence-electron chi connectivity index (χ2n) is 5.52. The number of aromatic hydroxyl groups is 1. The molecule has 1 aliphatic rings. The lowest BCUT2D eigenvalue weighted by atomic mass is 9.95. The van der Waals surface area contributed by atoms with Crippen molar-refractivity contribution in [3.05, 3.63) is 27.7 Å². The summed E-state index contributed by atoms with van der Waals surface area (Å²) in [4.78, 5) is 12.3.